The van der Waals surface area contributed by atoms with E-state index in [4.69, 9.17) is 4.74 Å². The fourth-order valence-corrected chi connectivity index (χ4v) is 2.05. The van der Waals surface area contributed by atoms with Gasteiger partial charge in [0.1, 0.15) is 5.75 Å². The quantitative estimate of drug-likeness (QED) is 0.199. The summed E-state index contributed by atoms with van der Waals surface area (Å²) in [5, 5.41) is 9.33. The summed E-state index contributed by atoms with van der Waals surface area (Å²) in [7, 11) is 0. The second-order valence-electron chi connectivity index (χ2n) is 5.83. The van der Waals surface area contributed by atoms with Crippen molar-refractivity contribution in [2.24, 2.45) is 4.99 Å². The molecule has 0 spiro atoms. The number of rotatable bonds is 11. The number of hydrogen-bond donors (Lipinski definition) is 3. The molecule has 1 atom stereocenters. The van der Waals surface area contributed by atoms with E-state index in [-0.39, 0.29) is 35.9 Å². The molecule has 1 rings (SSSR count). The Morgan fingerprint density at radius 2 is 1.92 bits per heavy atom. The van der Waals surface area contributed by atoms with Gasteiger partial charge in [-0.05, 0) is 32.4 Å². The molecule has 7 heteroatoms. The van der Waals surface area contributed by atoms with Crippen LogP contribution in [0.25, 0.3) is 0 Å². The zero-order valence-electron chi connectivity index (χ0n) is 16.1. The lowest BCUT2D eigenvalue weighted by Gasteiger charge is -2.13. The number of hydrogen-bond acceptors (Lipinski definition) is 3. The first-order chi connectivity index (χ1) is 12.2. The molecule has 0 aliphatic heterocycles. The number of benzene rings is 1. The number of nitrogens with zero attached hydrogens (tertiary/aromatic N) is 1. The Labute approximate surface area is 174 Å². The van der Waals surface area contributed by atoms with Crippen molar-refractivity contribution in [3.05, 3.63) is 30.3 Å². The molecule has 0 saturated heterocycles. The fourth-order valence-electron chi connectivity index (χ4n) is 2.05. The average molecular weight is 476 g/mol. The van der Waals surface area contributed by atoms with Crippen LogP contribution >= 0.6 is 24.0 Å². The highest BCUT2D eigenvalue weighted by atomic mass is 127. The highest BCUT2D eigenvalue weighted by Gasteiger charge is 2.05. The highest BCUT2D eigenvalue weighted by molar-refractivity contribution is 14.0. The van der Waals surface area contributed by atoms with E-state index >= 15 is 0 Å². The van der Waals surface area contributed by atoms with Gasteiger partial charge < -0.3 is 20.7 Å². The van der Waals surface area contributed by atoms with Crippen molar-refractivity contribution < 1.29 is 9.53 Å². The molecule has 0 fully saturated rings. The molecule has 0 bridgehead atoms. The Balaban J connectivity index is 0.00000625. The molecule has 0 aliphatic carbocycles. The van der Waals surface area contributed by atoms with E-state index in [1.165, 1.54) is 0 Å². The minimum absolute atomic E-state index is 0. The van der Waals surface area contributed by atoms with Crippen LogP contribution in [0.3, 0.4) is 0 Å². The summed E-state index contributed by atoms with van der Waals surface area (Å²) in [6.45, 7) is 8.73. The third-order valence-electron chi connectivity index (χ3n) is 3.59. The van der Waals surface area contributed by atoms with Crippen LogP contribution in [0.15, 0.2) is 35.3 Å². The first kappa shape index (κ1) is 24.5. The van der Waals surface area contributed by atoms with Gasteiger partial charge in [-0.1, -0.05) is 25.1 Å². The number of nitrogens with one attached hydrogen (secondary N) is 3. The summed E-state index contributed by atoms with van der Waals surface area (Å²) in [6.07, 6.45) is 2.21. The maximum absolute atomic E-state index is 11.8. The van der Waals surface area contributed by atoms with Gasteiger partial charge in [-0.25, -0.2) is 0 Å². The first-order valence-corrected chi connectivity index (χ1v) is 9.15. The zero-order valence-corrected chi connectivity index (χ0v) is 18.4. The van der Waals surface area contributed by atoms with Gasteiger partial charge in [0.25, 0.3) is 0 Å². The number of aliphatic imine (C=N–C) groups is 1. The minimum atomic E-state index is 0. The van der Waals surface area contributed by atoms with Gasteiger partial charge in [-0.3, -0.25) is 9.79 Å². The van der Waals surface area contributed by atoms with Gasteiger partial charge >= 0.3 is 0 Å². The SMILES string of the molecule is CCNC(=NCCCOc1ccccc1)NCCC(=O)NC(C)CC.I. The third kappa shape index (κ3) is 11.9. The number of para-hydroxylation sites is 1. The summed E-state index contributed by atoms with van der Waals surface area (Å²) < 4.78 is 5.64. The van der Waals surface area contributed by atoms with Crippen LogP contribution in [0.2, 0.25) is 0 Å². The maximum Gasteiger partial charge on any atom is 0.221 e. The summed E-state index contributed by atoms with van der Waals surface area (Å²) in [6, 6.07) is 9.99. The molecule has 0 heterocycles. The number of ether oxygens (including phenoxy) is 1. The van der Waals surface area contributed by atoms with E-state index in [2.05, 4.69) is 27.9 Å². The smallest absolute Gasteiger partial charge is 0.221 e. The topological polar surface area (TPSA) is 74.8 Å². The van der Waals surface area contributed by atoms with E-state index in [9.17, 15) is 4.79 Å². The van der Waals surface area contributed by atoms with Crippen LogP contribution in [0.1, 0.15) is 40.0 Å². The van der Waals surface area contributed by atoms with Gasteiger partial charge in [0.15, 0.2) is 5.96 Å². The van der Waals surface area contributed by atoms with Gasteiger partial charge in [0, 0.05) is 38.5 Å². The third-order valence-corrected chi connectivity index (χ3v) is 3.59. The van der Waals surface area contributed by atoms with Crippen LogP contribution < -0.4 is 20.7 Å². The molecule has 6 nitrogen and oxygen atoms in total. The lowest BCUT2D eigenvalue weighted by molar-refractivity contribution is -0.121. The first-order valence-electron chi connectivity index (χ1n) is 9.15. The Hall–Kier alpha value is -1.51. The number of guanidine groups is 1. The van der Waals surface area contributed by atoms with Crippen molar-refractivity contribution in [3.63, 3.8) is 0 Å². The highest BCUT2D eigenvalue weighted by Crippen LogP contribution is 2.08. The Morgan fingerprint density at radius 1 is 1.19 bits per heavy atom. The fraction of sp³-hybridized carbons (Fsp3) is 0.579. The Kier molecular flexibility index (Phi) is 14.8. The molecule has 148 valence electrons. The van der Waals surface area contributed by atoms with Crippen LogP contribution in [0.4, 0.5) is 0 Å². The molecule has 0 aliphatic rings. The normalized spacial score (nSPS) is 11.9. The summed E-state index contributed by atoms with van der Waals surface area (Å²) in [5.41, 5.74) is 0. The van der Waals surface area contributed by atoms with E-state index in [0.717, 1.165) is 31.1 Å². The molecular formula is C19H33IN4O2. The van der Waals surface area contributed by atoms with E-state index in [1.807, 2.05) is 44.2 Å². The van der Waals surface area contributed by atoms with Gasteiger partial charge in [0.2, 0.25) is 5.91 Å². The van der Waals surface area contributed by atoms with Crippen molar-refractivity contribution in [1.82, 2.24) is 16.0 Å². The van der Waals surface area contributed by atoms with E-state index < -0.39 is 0 Å². The molecule has 0 saturated carbocycles. The second-order valence-corrected chi connectivity index (χ2v) is 5.83. The average Bonchev–Trinajstić information content (AvgIpc) is 2.62. The standard InChI is InChI=1S/C19H32N4O2.HI/c1-4-16(3)23-18(24)12-14-22-19(20-5-2)21-13-9-15-25-17-10-7-6-8-11-17;/h6-8,10-11,16H,4-5,9,12-15H2,1-3H3,(H,23,24)(H2,20,21,22);1H. The van der Waals surface area contributed by atoms with Gasteiger partial charge in [-0.15, -0.1) is 24.0 Å². The van der Waals surface area contributed by atoms with Gasteiger partial charge in [0.05, 0.1) is 6.61 Å². The number of carbonyl (C=O) groups is 1. The van der Waals surface area contributed by atoms with Crippen LogP contribution in [0, 0.1) is 0 Å². The minimum Gasteiger partial charge on any atom is -0.494 e. The number of amides is 1. The molecular weight excluding hydrogens is 443 g/mol. The van der Waals surface area contributed by atoms with Crippen molar-refractivity contribution in [2.45, 2.75) is 46.1 Å². The van der Waals surface area contributed by atoms with Crippen LogP contribution in [-0.2, 0) is 4.79 Å². The Bertz CT molecular complexity index is 512. The predicted octanol–water partition coefficient (Wildman–Crippen LogP) is 2.93. The van der Waals surface area contributed by atoms with Crippen LogP contribution in [0.5, 0.6) is 5.75 Å². The van der Waals surface area contributed by atoms with Crippen molar-refractivity contribution in [2.75, 3.05) is 26.2 Å². The van der Waals surface area contributed by atoms with Crippen LogP contribution in [-0.4, -0.2) is 44.1 Å². The lowest BCUT2D eigenvalue weighted by Crippen LogP contribution is -2.40. The Morgan fingerprint density at radius 3 is 2.58 bits per heavy atom. The van der Waals surface area contributed by atoms with Crippen molar-refractivity contribution >= 4 is 35.8 Å². The summed E-state index contributed by atoms with van der Waals surface area (Å²) in [5.74, 6) is 1.68. The zero-order chi connectivity index (χ0) is 18.3. The van der Waals surface area contributed by atoms with Gasteiger partial charge in [-0.2, -0.15) is 0 Å². The summed E-state index contributed by atoms with van der Waals surface area (Å²) in [4.78, 5) is 16.3. The maximum atomic E-state index is 11.8. The van der Waals surface area contributed by atoms with E-state index in [0.29, 0.717) is 26.1 Å². The molecule has 1 aromatic rings. The molecule has 0 radical (unpaired) electrons. The second kappa shape index (κ2) is 15.7. The molecule has 0 aromatic heterocycles. The molecule has 3 N–H and O–H groups in total. The molecule has 1 unspecified atom stereocenters. The largest absolute Gasteiger partial charge is 0.494 e. The molecule has 1 aromatic carbocycles. The number of halogens is 1. The van der Waals surface area contributed by atoms with E-state index in [1.54, 1.807) is 0 Å². The monoisotopic (exact) mass is 476 g/mol. The predicted molar refractivity (Wildman–Crippen MR) is 118 cm³/mol. The number of carbonyl (C=O) groups excluding carboxylic acids is 1. The lowest BCUT2D eigenvalue weighted by atomic mass is 10.2. The van der Waals surface area contributed by atoms with Crippen molar-refractivity contribution in [3.8, 4) is 5.75 Å². The summed E-state index contributed by atoms with van der Waals surface area (Å²) >= 11 is 0. The van der Waals surface area contributed by atoms with Crippen molar-refractivity contribution in [1.29, 1.82) is 0 Å². The molecule has 1 amide bonds. The molecule has 26 heavy (non-hydrogen) atoms.